The van der Waals surface area contributed by atoms with Crippen molar-refractivity contribution in [3.63, 3.8) is 0 Å². The van der Waals surface area contributed by atoms with Crippen molar-refractivity contribution in [1.82, 2.24) is 5.32 Å². The van der Waals surface area contributed by atoms with Crippen LogP contribution in [0.2, 0.25) is 0 Å². The van der Waals surface area contributed by atoms with Crippen LogP contribution < -0.4 is 11.2 Å². The number of ketones is 1. The number of Topliss-reactive ketones (excluding diaryl/α,β-unsaturated/α-hetero) is 1. The highest BCUT2D eigenvalue weighted by atomic mass is 16.6. The highest BCUT2D eigenvalue weighted by molar-refractivity contribution is 6.32. The van der Waals surface area contributed by atoms with Crippen LogP contribution in [0, 0.1) is 0 Å². The van der Waals surface area contributed by atoms with Gasteiger partial charge in [-0.1, -0.05) is 66.7 Å². The number of alkyl carbamates (subject to hydrolysis) is 1. The van der Waals surface area contributed by atoms with E-state index >= 15 is 0 Å². The Morgan fingerprint density at radius 1 is 0.970 bits per heavy atom. The Kier molecular flexibility index (Phi) is 8.07. The minimum atomic E-state index is -0.660. The van der Waals surface area contributed by atoms with Gasteiger partial charge in [0.05, 0.1) is 11.9 Å². The van der Waals surface area contributed by atoms with Gasteiger partial charge in [-0.15, -0.1) is 0 Å². The fourth-order valence-corrected chi connectivity index (χ4v) is 3.22. The van der Waals surface area contributed by atoms with Gasteiger partial charge in [0.25, 0.3) is 0 Å². The summed E-state index contributed by atoms with van der Waals surface area (Å²) in [5.41, 5.74) is 4.50. The third-order valence-corrected chi connectivity index (χ3v) is 4.84. The second kappa shape index (κ2) is 11.4. The quantitative estimate of drug-likeness (QED) is 0.234. The number of hydrazone groups is 1. The van der Waals surface area contributed by atoms with Crippen molar-refractivity contribution in [1.29, 1.82) is 0 Å². The van der Waals surface area contributed by atoms with Crippen LogP contribution >= 0.6 is 0 Å². The van der Waals surface area contributed by atoms with Gasteiger partial charge >= 0.3 is 6.09 Å². The maximum absolute atomic E-state index is 12.3. The average Bonchev–Trinajstić information content (AvgIpc) is 2.80. The number of aliphatic imine (C=N–C) groups is 1. The third kappa shape index (κ3) is 7.14. The smallest absolute Gasteiger partial charge is 0.413 e. The second-order valence-electron chi connectivity index (χ2n) is 7.48. The van der Waals surface area contributed by atoms with Crippen molar-refractivity contribution in [2.75, 3.05) is 0 Å². The minimum absolute atomic E-state index is 0.133. The molecule has 7 heteroatoms. The van der Waals surface area contributed by atoms with Gasteiger partial charge in [-0.25, -0.2) is 9.79 Å². The molecule has 7 nitrogen and oxygen atoms in total. The van der Waals surface area contributed by atoms with Crippen molar-refractivity contribution < 1.29 is 14.3 Å². The molecule has 1 atom stereocenters. The lowest BCUT2D eigenvalue weighted by atomic mass is 10.0. The summed E-state index contributed by atoms with van der Waals surface area (Å²) in [5, 5.41) is 6.03. The predicted molar refractivity (Wildman–Crippen MR) is 131 cm³/mol. The molecule has 0 radical (unpaired) electrons. The van der Waals surface area contributed by atoms with Gasteiger partial charge in [0.1, 0.15) is 11.9 Å². The number of nitrogens with one attached hydrogen (secondary N) is 1. The summed E-state index contributed by atoms with van der Waals surface area (Å²) in [6, 6.07) is 24.8. The lowest BCUT2D eigenvalue weighted by Gasteiger charge is -2.14. The van der Waals surface area contributed by atoms with Crippen LogP contribution in [0.3, 0.4) is 0 Å². The van der Waals surface area contributed by atoms with Gasteiger partial charge < -0.3 is 10.6 Å². The predicted octanol–water partition coefficient (Wildman–Crippen LogP) is 4.95. The summed E-state index contributed by atoms with van der Waals surface area (Å²) in [5.74, 6) is 5.56. The number of amidine groups is 1. The van der Waals surface area contributed by atoms with E-state index in [9.17, 15) is 9.59 Å². The van der Waals surface area contributed by atoms with Gasteiger partial charge in [0.2, 0.25) is 0 Å². The SMILES string of the molecule is CC(=O)Cc1ccc(-c2ccc(N=C(/C=N\N)NC(=O)O[C@H](C)c3ccccc3)cc2)cc1. The van der Waals surface area contributed by atoms with Crippen LogP contribution in [0.4, 0.5) is 10.5 Å². The lowest BCUT2D eigenvalue weighted by molar-refractivity contribution is -0.116. The first-order valence-electron chi connectivity index (χ1n) is 10.5. The van der Waals surface area contributed by atoms with E-state index in [4.69, 9.17) is 10.6 Å². The number of hydrogen-bond acceptors (Lipinski definition) is 6. The van der Waals surface area contributed by atoms with Crippen LogP contribution in [0.25, 0.3) is 11.1 Å². The molecular formula is C26H26N4O3. The fraction of sp³-hybridized carbons (Fsp3) is 0.154. The zero-order valence-electron chi connectivity index (χ0n) is 18.6. The molecule has 0 heterocycles. The summed E-state index contributed by atoms with van der Waals surface area (Å²) in [6.07, 6.45) is 0.588. The fourth-order valence-electron chi connectivity index (χ4n) is 3.22. The molecule has 0 aliphatic rings. The van der Waals surface area contributed by atoms with Crippen LogP contribution in [-0.4, -0.2) is 23.9 Å². The first-order chi connectivity index (χ1) is 15.9. The average molecular weight is 443 g/mol. The zero-order valence-corrected chi connectivity index (χ0v) is 18.6. The third-order valence-electron chi connectivity index (χ3n) is 4.84. The van der Waals surface area contributed by atoms with Gasteiger partial charge in [0, 0.05) is 6.42 Å². The van der Waals surface area contributed by atoms with Crippen LogP contribution in [-0.2, 0) is 16.0 Å². The summed E-state index contributed by atoms with van der Waals surface area (Å²) in [4.78, 5) is 27.9. The number of nitrogens with two attached hydrogens (primary N) is 1. The molecule has 3 aromatic carbocycles. The highest BCUT2D eigenvalue weighted by Gasteiger charge is 2.13. The molecule has 3 aromatic rings. The zero-order chi connectivity index (χ0) is 23.6. The number of rotatable bonds is 7. The van der Waals surface area contributed by atoms with E-state index in [1.165, 1.54) is 6.21 Å². The van der Waals surface area contributed by atoms with E-state index in [0.29, 0.717) is 12.1 Å². The standard InChI is InChI=1S/C26H26N4O3/c1-18(31)16-20-8-10-22(11-9-20)23-12-14-24(15-13-23)29-25(17-28-27)30-26(32)33-19(2)21-6-4-3-5-7-21/h3-15,17,19H,16,27H2,1-2H3,(H,29,30,32)/b28-17-/t19-/m1/s1. The summed E-state index contributed by atoms with van der Waals surface area (Å²) >= 11 is 0. The van der Waals surface area contributed by atoms with Gasteiger partial charge in [-0.3, -0.25) is 10.1 Å². The van der Waals surface area contributed by atoms with Gasteiger partial charge in [-0.05, 0) is 48.2 Å². The molecular weight excluding hydrogens is 416 g/mol. The molecule has 0 fully saturated rings. The Morgan fingerprint density at radius 3 is 2.15 bits per heavy atom. The molecule has 0 aliphatic carbocycles. The molecule has 33 heavy (non-hydrogen) atoms. The largest absolute Gasteiger partial charge is 0.441 e. The van der Waals surface area contributed by atoms with Gasteiger partial charge in [0.15, 0.2) is 5.84 Å². The molecule has 168 valence electrons. The van der Waals surface area contributed by atoms with Crippen molar-refractivity contribution in [2.24, 2.45) is 15.9 Å². The monoisotopic (exact) mass is 442 g/mol. The molecule has 0 saturated carbocycles. The molecule has 3 N–H and O–H groups in total. The number of carbonyl (C=O) groups excluding carboxylic acids is 2. The summed E-state index contributed by atoms with van der Waals surface area (Å²) < 4.78 is 5.41. The highest BCUT2D eigenvalue weighted by Crippen LogP contribution is 2.23. The number of nitrogens with zero attached hydrogens (tertiary/aromatic N) is 2. The number of benzene rings is 3. The maximum Gasteiger partial charge on any atom is 0.413 e. The number of carbonyl (C=O) groups is 2. The Hall–Kier alpha value is -4.26. The number of ether oxygens (including phenoxy) is 1. The van der Waals surface area contributed by atoms with Crippen molar-refractivity contribution in [3.8, 4) is 11.1 Å². The van der Waals surface area contributed by atoms with E-state index in [2.05, 4.69) is 15.4 Å². The molecule has 0 saturated heterocycles. The van der Waals surface area contributed by atoms with Crippen LogP contribution in [0.5, 0.6) is 0 Å². The van der Waals surface area contributed by atoms with Crippen LogP contribution in [0.15, 0.2) is 89.0 Å². The first-order valence-corrected chi connectivity index (χ1v) is 10.5. The molecule has 0 aliphatic heterocycles. The molecule has 1 amide bonds. The topological polar surface area (TPSA) is 106 Å². The molecule has 0 aromatic heterocycles. The second-order valence-corrected chi connectivity index (χ2v) is 7.48. The normalized spacial score (nSPS) is 12.4. The summed E-state index contributed by atoms with van der Waals surface area (Å²) in [6.45, 7) is 3.36. The van der Waals surface area contributed by atoms with E-state index in [-0.39, 0.29) is 11.6 Å². The van der Waals surface area contributed by atoms with Crippen molar-refractivity contribution in [2.45, 2.75) is 26.4 Å². The van der Waals surface area contributed by atoms with E-state index in [1.54, 1.807) is 13.8 Å². The Bertz CT molecular complexity index is 1140. The Morgan fingerprint density at radius 2 is 1.58 bits per heavy atom. The van der Waals surface area contributed by atoms with Crippen molar-refractivity contribution in [3.05, 3.63) is 90.0 Å². The molecule has 0 spiro atoms. The number of hydrogen-bond donors (Lipinski definition) is 2. The Labute approximate surface area is 193 Å². The molecule has 0 bridgehead atoms. The van der Waals surface area contributed by atoms with E-state index < -0.39 is 12.2 Å². The molecule has 0 unspecified atom stereocenters. The summed E-state index contributed by atoms with van der Waals surface area (Å²) in [7, 11) is 0. The lowest BCUT2D eigenvalue weighted by Crippen LogP contribution is -2.32. The van der Waals surface area contributed by atoms with Crippen molar-refractivity contribution >= 4 is 29.6 Å². The van der Waals surface area contributed by atoms with Gasteiger partial charge in [-0.2, -0.15) is 5.10 Å². The molecule has 3 rings (SSSR count). The van der Waals surface area contributed by atoms with E-state index in [0.717, 1.165) is 22.3 Å². The maximum atomic E-state index is 12.3. The minimum Gasteiger partial charge on any atom is -0.441 e. The van der Waals surface area contributed by atoms with E-state index in [1.807, 2.05) is 78.9 Å². The van der Waals surface area contributed by atoms with Crippen LogP contribution in [0.1, 0.15) is 31.1 Å². The first kappa shape index (κ1) is 23.4. The Balaban J connectivity index is 1.67. The number of amides is 1.